The van der Waals surface area contributed by atoms with Crippen molar-refractivity contribution in [2.75, 3.05) is 6.61 Å². The summed E-state index contributed by atoms with van der Waals surface area (Å²) in [4.78, 5) is 66.4. The number of H-pyrrole nitrogens is 1. The van der Waals surface area contributed by atoms with Gasteiger partial charge in [0.1, 0.15) is 24.2 Å². The molecular weight excluding hydrogens is 480 g/mol. The lowest BCUT2D eigenvalue weighted by atomic mass is 9.91. The highest BCUT2D eigenvalue weighted by Gasteiger charge is 2.42. The maximum Gasteiger partial charge on any atom is 0.332 e. The van der Waals surface area contributed by atoms with E-state index in [1.807, 2.05) is 30.3 Å². The van der Waals surface area contributed by atoms with Crippen molar-refractivity contribution in [3.8, 4) is 0 Å². The SMILES string of the molecule is Cc1cc(C(=O)NC2COC(=O)C(Cc3ccccc3)C(OC(=O)C(C)C)C(C)OC2=O)c(=O)[nH]c1C. The summed E-state index contributed by atoms with van der Waals surface area (Å²) in [6.07, 6.45) is -1.98. The number of amides is 1. The lowest BCUT2D eigenvalue weighted by Crippen LogP contribution is -2.47. The summed E-state index contributed by atoms with van der Waals surface area (Å²) in [7, 11) is 0. The van der Waals surface area contributed by atoms with E-state index in [0.29, 0.717) is 11.3 Å². The van der Waals surface area contributed by atoms with E-state index >= 15 is 0 Å². The van der Waals surface area contributed by atoms with Gasteiger partial charge in [-0.25, -0.2) is 4.79 Å². The van der Waals surface area contributed by atoms with Crippen LogP contribution in [0, 0.1) is 25.7 Å². The van der Waals surface area contributed by atoms with Crippen LogP contribution in [0.25, 0.3) is 0 Å². The number of carbonyl (C=O) groups is 4. The molecule has 2 heterocycles. The van der Waals surface area contributed by atoms with Crippen LogP contribution in [0.5, 0.6) is 0 Å². The fraction of sp³-hybridized carbons (Fsp3) is 0.444. The molecule has 1 fully saturated rings. The predicted molar refractivity (Wildman–Crippen MR) is 133 cm³/mol. The Hall–Kier alpha value is -3.95. The summed E-state index contributed by atoms with van der Waals surface area (Å²) in [5.41, 5.74) is 1.27. The lowest BCUT2D eigenvalue weighted by molar-refractivity contribution is -0.176. The number of aryl methyl sites for hydroxylation is 2. The third-order valence-electron chi connectivity index (χ3n) is 6.21. The Kier molecular flexibility index (Phi) is 8.86. The number of hydrogen-bond acceptors (Lipinski definition) is 8. The molecule has 2 aromatic rings. The van der Waals surface area contributed by atoms with Gasteiger partial charge in [0.05, 0.1) is 5.92 Å². The number of rotatable bonds is 6. The summed E-state index contributed by atoms with van der Waals surface area (Å²) in [5, 5.41) is 2.43. The topological polar surface area (TPSA) is 141 Å². The molecular formula is C27H32N2O8. The summed E-state index contributed by atoms with van der Waals surface area (Å²) < 4.78 is 16.6. The second kappa shape index (κ2) is 11.9. The molecule has 0 saturated carbocycles. The molecule has 0 radical (unpaired) electrons. The van der Waals surface area contributed by atoms with E-state index < -0.39 is 66.1 Å². The number of hydrogen-bond donors (Lipinski definition) is 2. The van der Waals surface area contributed by atoms with Gasteiger partial charge in [-0.15, -0.1) is 0 Å². The highest BCUT2D eigenvalue weighted by molar-refractivity contribution is 5.96. The van der Waals surface area contributed by atoms with Gasteiger partial charge in [-0.1, -0.05) is 44.2 Å². The summed E-state index contributed by atoms with van der Waals surface area (Å²) in [6, 6.07) is 9.14. The van der Waals surface area contributed by atoms with Gasteiger partial charge < -0.3 is 24.5 Å². The van der Waals surface area contributed by atoms with Crippen LogP contribution in [-0.4, -0.2) is 53.7 Å². The first kappa shape index (κ1) is 27.6. The molecule has 10 heteroatoms. The van der Waals surface area contributed by atoms with Gasteiger partial charge in [-0.05, 0) is 44.4 Å². The van der Waals surface area contributed by atoms with Gasteiger partial charge >= 0.3 is 17.9 Å². The van der Waals surface area contributed by atoms with Crippen LogP contribution in [0.1, 0.15) is 48.0 Å². The molecule has 0 spiro atoms. The molecule has 1 aliphatic rings. The van der Waals surface area contributed by atoms with Crippen molar-refractivity contribution in [1.82, 2.24) is 10.3 Å². The normalized spacial score (nSPS) is 22.2. The van der Waals surface area contributed by atoms with Crippen LogP contribution in [0.15, 0.2) is 41.2 Å². The van der Waals surface area contributed by atoms with Gasteiger partial charge in [0, 0.05) is 5.69 Å². The minimum atomic E-state index is -1.38. The van der Waals surface area contributed by atoms with Crippen molar-refractivity contribution >= 4 is 23.8 Å². The predicted octanol–water partition coefficient (Wildman–Crippen LogP) is 2.01. The highest BCUT2D eigenvalue weighted by Crippen LogP contribution is 2.24. The number of aromatic amines is 1. The second-order valence-electron chi connectivity index (χ2n) is 9.47. The smallest absolute Gasteiger partial charge is 0.332 e. The Morgan fingerprint density at radius 1 is 1.11 bits per heavy atom. The first-order valence-electron chi connectivity index (χ1n) is 12.1. The Morgan fingerprint density at radius 3 is 2.43 bits per heavy atom. The number of cyclic esters (lactones) is 2. The van der Waals surface area contributed by atoms with E-state index in [1.165, 1.54) is 13.0 Å². The quantitative estimate of drug-likeness (QED) is 0.442. The van der Waals surface area contributed by atoms with Gasteiger partial charge in [0.15, 0.2) is 12.1 Å². The number of nitrogens with one attached hydrogen (secondary N) is 2. The molecule has 0 bridgehead atoms. The zero-order valence-electron chi connectivity index (χ0n) is 21.5. The minimum absolute atomic E-state index is 0.173. The first-order valence-corrected chi connectivity index (χ1v) is 12.1. The Bertz CT molecular complexity index is 1220. The largest absolute Gasteiger partial charge is 0.463 e. The van der Waals surface area contributed by atoms with Crippen molar-refractivity contribution in [2.24, 2.45) is 11.8 Å². The molecule has 4 unspecified atom stereocenters. The third-order valence-corrected chi connectivity index (χ3v) is 6.21. The molecule has 2 N–H and O–H groups in total. The van der Waals surface area contributed by atoms with Crippen molar-refractivity contribution in [1.29, 1.82) is 0 Å². The van der Waals surface area contributed by atoms with E-state index in [2.05, 4.69) is 10.3 Å². The molecule has 3 rings (SSSR count). The van der Waals surface area contributed by atoms with Gasteiger partial charge in [0.25, 0.3) is 11.5 Å². The summed E-state index contributed by atoms with van der Waals surface area (Å²) in [5.74, 6) is -4.43. The van der Waals surface area contributed by atoms with Gasteiger partial charge in [-0.3, -0.25) is 19.2 Å². The van der Waals surface area contributed by atoms with Crippen LogP contribution in [0.2, 0.25) is 0 Å². The average molecular weight is 513 g/mol. The molecule has 198 valence electrons. The Labute approximate surface area is 214 Å². The van der Waals surface area contributed by atoms with Crippen LogP contribution in [0.4, 0.5) is 0 Å². The summed E-state index contributed by atoms with van der Waals surface area (Å²) >= 11 is 0. The summed E-state index contributed by atoms with van der Waals surface area (Å²) in [6.45, 7) is 7.72. The Balaban J connectivity index is 1.88. The van der Waals surface area contributed by atoms with Gasteiger partial charge in [0.2, 0.25) is 0 Å². The fourth-order valence-corrected chi connectivity index (χ4v) is 3.88. The maximum absolute atomic E-state index is 13.2. The van der Waals surface area contributed by atoms with Crippen LogP contribution in [-0.2, 0) is 35.0 Å². The zero-order valence-corrected chi connectivity index (χ0v) is 21.5. The van der Waals surface area contributed by atoms with Crippen LogP contribution >= 0.6 is 0 Å². The monoisotopic (exact) mass is 512 g/mol. The molecule has 1 aromatic carbocycles. The maximum atomic E-state index is 13.2. The number of ether oxygens (including phenoxy) is 3. The van der Waals surface area contributed by atoms with Crippen molar-refractivity contribution in [2.45, 2.75) is 59.3 Å². The molecule has 0 aliphatic carbocycles. The van der Waals surface area contributed by atoms with E-state index in [9.17, 15) is 24.0 Å². The number of pyridine rings is 1. The molecule has 1 saturated heterocycles. The zero-order chi connectivity index (χ0) is 27.3. The van der Waals surface area contributed by atoms with Crippen LogP contribution in [0.3, 0.4) is 0 Å². The molecule has 10 nitrogen and oxygen atoms in total. The van der Waals surface area contributed by atoms with Crippen molar-refractivity contribution < 1.29 is 33.4 Å². The first-order chi connectivity index (χ1) is 17.5. The molecule has 1 aliphatic heterocycles. The molecule has 37 heavy (non-hydrogen) atoms. The van der Waals surface area contributed by atoms with E-state index in [-0.39, 0.29) is 12.0 Å². The van der Waals surface area contributed by atoms with Crippen molar-refractivity contribution in [3.63, 3.8) is 0 Å². The van der Waals surface area contributed by atoms with E-state index in [1.54, 1.807) is 27.7 Å². The second-order valence-corrected chi connectivity index (χ2v) is 9.47. The number of carbonyl (C=O) groups excluding carboxylic acids is 4. The standard InChI is InChI=1S/C27H32N2O8/c1-14(2)25(32)37-22-17(5)36-27(34)21(29-24(31)20-11-15(3)16(4)28-23(20)30)13-35-26(33)19(22)12-18-9-7-6-8-10-18/h6-11,14,17,19,21-22H,12-13H2,1-5H3,(H,28,30)(H,29,31). The van der Waals surface area contributed by atoms with Gasteiger partial charge in [-0.2, -0.15) is 0 Å². The Morgan fingerprint density at radius 2 is 1.78 bits per heavy atom. The number of aromatic nitrogens is 1. The molecule has 1 aromatic heterocycles. The molecule has 4 atom stereocenters. The lowest BCUT2D eigenvalue weighted by Gasteiger charge is -2.29. The van der Waals surface area contributed by atoms with E-state index in [0.717, 1.165) is 5.56 Å². The van der Waals surface area contributed by atoms with E-state index in [4.69, 9.17) is 14.2 Å². The fourth-order valence-electron chi connectivity index (χ4n) is 3.88. The minimum Gasteiger partial charge on any atom is -0.463 e. The number of benzene rings is 1. The number of esters is 3. The molecule has 1 amide bonds. The highest BCUT2D eigenvalue weighted by atomic mass is 16.6. The third kappa shape index (κ3) is 6.84. The van der Waals surface area contributed by atoms with Crippen molar-refractivity contribution in [3.05, 3.63) is 69.1 Å². The van der Waals surface area contributed by atoms with Crippen LogP contribution < -0.4 is 10.9 Å². The average Bonchev–Trinajstić information content (AvgIpc) is 2.88.